The molecule has 0 saturated heterocycles. The van der Waals surface area contributed by atoms with E-state index in [4.69, 9.17) is 0 Å². The van der Waals surface area contributed by atoms with E-state index >= 15 is 0 Å². The first kappa shape index (κ1) is 13.0. The molecule has 0 spiro atoms. The van der Waals surface area contributed by atoms with Crippen LogP contribution in [0.25, 0.3) is 11.1 Å². The van der Waals surface area contributed by atoms with Crippen molar-refractivity contribution >= 4 is 31.6 Å². The van der Waals surface area contributed by atoms with Crippen LogP contribution in [-0.4, -0.2) is 19.7 Å². The highest BCUT2D eigenvalue weighted by atomic mass is 79.9. The zero-order valence-electron chi connectivity index (χ0n) is 9.59. The minimum Gasteiger partial charge on any atom is -0.284 e. The predicted molar refractivity (Wildman–Crippen MR) is 75.8 cm³/mol. The van der Waals surface area contributed by atoms with Crippen LogP contribution < -0.4 is 4.72 Å². The maximum absolute atomic E-state index is 11.2. The molecule has 0 atom stereocenters. The van der Waals surface area contributed by atoms with Crippen molar-refractivity contribution in [2.24, 2.45) is 0 Å². The predicted octanol–water partition coefficient (Wildman–Crippen LogP) is 2.88. The average molecular weight is 327 g/mol. The molecule has 94 valence electrons. The van der Waals surface area contributed by atoms with Gasteiger partial charge in [0.1, 0.15) is 0 Å². The van der Waals surface area contributed by atoms with Crippen molar-refractivity contribution < 1.29 is 8.42 Å². The molecule has 0 amide bonds. The third-order valence-electron chi connectivity index (χ3n) is 2.21. The van der Waals surface area contributed by atoms with Gasteiger partial charge >= 0.3 is 0 Å². The maximum atomic E-state index is 11.2. The molecule has 18 heavy (non-hydrogen) atoms. The lowest BCUT2D eigenvalue weighted by Gasteiger charge is -2.08. The van der Waals surface area contributed by atoms with Crippen LogP contribution in [0.2, 0.25) is 0 Å². The van der Waals surface area contributed by atoms with Gasteiger partial charge in [0, 0.05) is 16.9 Å². The lowest BCUT2D eigenvalue weighted by Crippen LogP contribution is -2.09. The molecule has 1 heterocycles. The zero-order chi connectivity index (χ0) is 13.2. The van der Waals surface area contributed by atoms with Crippen LogP contribution >= 0.6 is 15.9 Å². The summed E-state index contributed by atoms with van der Waals surface area (Å²) in [6.07, 6.45) is 4.51. The van der Waals surface area contributed by atoms with E-state index in [2.05, 4.69) is 25.6 Å². The molecule has 1 aromatic heterocycles. The molecule has 0 aliphatic heterocycles. The summed E-state index contributed by atoms with van der Waals surface area (Å²) in [5.74, 6) is 0. The molecule has 1 aromatic carbocycles. The van der Waals surface area contributed by atoms with Gasteiger partial charge in [0.05, 0.1) is 11.9 Å². The van der Waals surface area contributed by atoms with Crippen LogP contribution in [0.1, 0.15) is 0 Å². The van der Waals surface area contributed by atoms with Crippen molar-refractivity contribution in [1.82, 2.24) is 4.98 Å². The van der Waals surface area contributed by atoms with Gasteiger partial charge in [0.15, 0.2) is 0 Å². The van der Waals surface area contributed by atoms with Crippen LogP contribution in [0.4, 0.5) is 5.69 Å². The van der Waals surface area contributed by atoms with E-state index in [1.54, 1.807) is 24.5 Å². The van der Waals surface area contributed by atoms with Gasteiger partial charge in [-0.25, -0.2) is 8.42 Å². The number of hydrogen-bond acceptors (Lipinski definition) is 3. The second kappa shape index (κ2) is 5.07. The van der Waals surface area contributed by atoms with Gasteiger partial charge in [-0.15, -0.1) is 0 Å². The summed E-state index contributed by atoms with van der Waals surface area (Å²) in [6, 6.07) is 9.15. The van der Waals surface area contributed by atoms with Crippen molar-refractivity contribution in [3.63, 3.8) is 0 Å². The highest BCUT2D eigenvalue weighted by Crippen LogP contribution is 2.27. The molecular weight excluding hydrogens is 316 g/mol. The quantitative estimate of drug-likeness (QED) is 0.943. The van der Waals surface area contributed by atoms with Gasteiger partial charge in [-0.3, -0.25) is 9.71 Å². The van der Waals surface area contributed by atoms with E-state index in [1.807, 2.05) is 18.2 Å². The molecule has 2 rings (SSSR count). The maximum Gasteiger partial charge on any atom is 0.229 e. The Hall–Kier alpha value is -1.40. The second-order valence-electron chi connectivity index (χ2n) is 3.84. The first-order valence-corrected chi connectivity index (χ1v) is 7.81. The summed E-state index contributed by atoms with van der Waals surface area (Å²) in [7, 11) is -3.28. The number of halogens is 1. The number of nitrogens with one attached hydrogen (secondary N) is 1. The minimum atomic E-state index is -3.28. The first-order valence-electron chi connectivity index (χ1n) is 5.13. The highest BCUT2D eigenvalue weighted by molar-refractivity contribution is 9.10. The summed E-state index contributed by atoms with van der Waals surface area (Å²) in [5.41, 5.74) is 2.42. The highest BCUT2D eigenvalue weighted by Gasteiger charge is 2.06. The first-order chi connectivity index (χ1) is 8.44. The summed E-state index contributed by atoms with van der Waals surface area (Å²) >= 11 is 3.37. The number of sulfonamides is 1. The molecule has 0 fully saturated rings. The summed E-state index contributed by atoms with van der Waals surface area (Å²) in [5, 5.41) is 0. The average Bonchev–Trinajstić information content (AvgIpc) is 2.27. The lowest BCUT2D eigenvalue weighted by atomic mass is 10.1. The fourth-order valence-electron chi connectivity index (χ4n) is 1.57. The van der Waals surface area contributed by atoms with Crippen molar-refractivity contribution in [3.8, 4) is 11.1 Å². The second-order valence-corrected chi connectivity index (χ2v) is 6.50. The number of aromatic nitrogens is 1. The molecular formula is C12H11BrN2O2S. The zero-order valence-corrected chi connectivity index (χ0v) is 12.0. The molecule has 0 bridgehead atoms. The summed E-state index contributed by atoms with van der Waals surface area (Å²) < 4.78 is 25.7. The fourth-order valence-corrected chi connectivity index (χ4v) is 2.61. The number of rotatable bonds is 3. The number of hydrogen-bond donors (Lipinski definition) is 1. The molecule has 4 nitrogen and oxygen atoms in total. The van der Waals surface area contributed by atoms with Gasteiger partial charge < -0.3 is 0 Å². The largest absolute Gasteiger partial charge is 0.284 e. The van der Waals surface area contributed by atoms with E-state index in [0.29, 0.717) is 5.69 Å². The standard InChI is InChI=1S/C12H11BrN2O2S/c1-18(16,17)15-12-7-10(6-11(13)8-12)9-2-4-14-5-3-9/h2-8,15H,1H3. The molecule has 0 aliphatic carbocycles. The van der Waals surface area contributed by atoms with Gasteiger partial charge in [0.25, 0.3) is 0 Å². The number of anilines is 1. The van der Waals surface area contributed by atoms with E-state index in [0.717, 1.165) is 21.9 Å². The Kier molecular flexibility index (Phi) is 3.68. The van der Waals surface area contributed by atoms with E-state index in [9.17, 15) is 8.42 Å². The van der Waals surface area contributed by atoms with Gasteiger partial charge in [0.2, 0.25) is 10.0 Å². The van der Waals surface area contributed by atoms with Crippen LogP contribution in [-0.2, 0) is 10.0 Å². The van der Waals surface area contributed by atoms with E-state index in [-0.39, 0.29) is 0 Å². The Bertz CT molecular complexity index is 657. The van der Waals surface area contributed by atoms with Crippen molar-refractivity contribution in [2.75, 3.05) is 11.0 Å². The SMILES string of the molecule is CS(=O)(=O)Nc1cc(Br)cc(-c2ccncc2)c1. The lowest BCUT2D eigenvalue weighted by molar-refractivity contribution is 0.607. The molecule has 1 N–H and O–H groups in total. The molecule has 2 aromatic rings. The molecule has 0 unspecified atom stereocenters. The number of benzene rings is 1. The van der Waals surface area contributed by atoms with Crippen LogP contribution in [0.15, 0.2) is 47.2 Å². The fraction of sp³-hybridized carbons (Fsp3) is 0.0833. The van der Waals surface area contributed by atoms with E-state index in [1.165, 1.54) is 0 Å². The molecule has 0 aliphatic rings. The third kappa shape index (κ3) is 3.54. The monoisotopic (exact) mass is 326 g/mol. The molecule has 0 saturated carbocycles. The summed E-state index contributed by atoms with van der Waals surface area (Å²) in [4.78, 5) is 3.95. The van der Waals surface area contributed by atoms with Crippen LogP contribution in [0, 0.1) is 0 Å². The molecule has 0 radical (unpaired) electrons. The number of pyridine rings is 1. The van der Waals surface area contributed by atoms with Gasteiger partial charge in [-0.05, 0) is 41.5 Å². The normalized spacial score (nSPS) is 11.2. The van der Waals surface area contributed by atoms with Crippen LogP contribution in [0.5, 0.6) is 0 Å². The molecule has 6 heteroatoms. The van der Waals surface area contributed by atoms with Crippen LogP contribution in [0.3, 0.4) is 0 Å². The van der Waals surface area contributed by atoms with Crippen molar-refractivity contribution in [2.45, 2.75) is 0 Å². The van der Waals surface area contributed by atoms with Gasteiger partial charge in [-0.1, -0.05) is 15.9 Å². The Morgan fingerprint density at radius 3 is 2.39 bits per heavy atom. The Morgan fingerprint density at radius 1 is 1.11 bits per heavy atom. The van der Waals surface area contributed by atoms with Crippen molar-refractivity contribution in [1.29, 1.82) is 0 Å². The smallest absolute Gasteiger partial charge is 0.229 e. The third-order valence-corrected chi connectivity index (χ3v) is 3.28. The Labute approximate surface area is 114 Å². The van der Waals surface area contributed by atoms with Crippen molar-refractivity contribution in [3.05, 3.63) is 47.2 Å². The Balaban J connectivity index is 2.45. The van der Waals surface area contributed by atoms with Gasteiger partial charge in [-0.2, -0.15) is 0 Å². The Morgan fingerprint density at radius 2 is 1.78 bits per heavy atom. The minimum absolute atomic E-state index is 0.527. The van der Waals surface area contributed by atoms with E-state index < -0.39 is 10.0 Å². The summed E-state index contributed by atoms with van der Waals surface area (Å²) in [6.45, 7) is 0. The topological polar surface area (TPSA) is 59.1 Å². The number of nitrogens with zero attached hydrogens (tertiary/aromatic N) is 1.